The van der Waals surface area contributed by atoms with Crippen molar-refractivity contribution in [3.63, 3.8) is 0 Å². The molecule has 0 amide bonds. The van der Waals surface area contributed by atoms with Gasteiger partial charge in [0.2, 0.25) is 5.88 Å². The molecule has 114 valence electrons. The van der Waals surface area contributed by atoms with E-state index in [2.05, 4.69) is 43.0 Å². The lowest BCUT2D eigenvalue weighted by atomic mass is 10.1. The highest BCUT2D eigenvalue weighted by atomic mass is 16.5. The Bertz CT molecular complexity index is 378. The van der Waals surface area contributed by atoms with Crippen LogP contribution in [0.2, 0.25) is 0 Å². The minimum Gasteiger partial charge on any atom is -0.474 e. The Morgan fingerprint density at radius 1 is 1.15 bits per heavy atom. The van der Waals surface area contributed by atoms with Gasteiger partial charge in [0.1, 0.15) is 6.61 Å². The highest BCUT2D eigenvalue weighted by Gasteiger charge is 2.09. The van der Waals surface area contributed by atoms with E-state index in [0.29, 0.717) is 25.6 Å². The van der Waals surface area contributed by atoms with Crippen LogP contribution in [-0.2, 0) is 11.3 Å². The summed E-state index contributed by atoms with van der Waals surface area (Å²) in [5, 5.41) is 3.37. The molecule has 1 aromatic rings. The molecule has 0 saturated carbocycles. The molecular formula is C15H27N3O2. The SMILES string of the molecule is CCCCOCCOc1cncc(CNC(C)(C)C)n1. The first-order chi connectivity index (χ1) is 9.51. The number of ether oxygens (including phenoxy) is 2. The molecule has 0 aliphatic rings. The minimum absolute atomic E-state index is 0.0612. The van der Waals surface area contributed by atoms with Crippen LogP contribution in [0.25, 0.3) is 0 Å². The van der Waals surface area contributed by atoms with E-state index in [1.165, 1.54) is 0 Å². The van der Waals surface area contributed by atoms with Crippen molar-refractivity contribution in [2.45, 2.75) is 52.6 Å². The van der Waals surface area contributed by atoms with Crippen LogP contribution in [0.4, 0.5) is 0 Å². The first-order valence-corrected chi connectivity index (χ1v) is 7.28. The van der Waals surface area contributed by atoms with Crippen LogP contribution < -0.4 is 10.1 Å². The Labute approximate surface area is 122 Å². The van der Waals surface area contributed by atoms with E-state index in [0.717, 1.165) is 25.1 Å². The lowest BCUT2D eigenvalue weighted by Crippen LogP contribution is -2.35. The van der Waals surface area contributed by atoms with Crippen molar-refractivity contribution < 1.29 is 9.47 Å². The van der Waals surface area contributed by atoms with E-state index >= 15 is 0 Å². The normalized spacial score (nSPS) is 11.6. The zero-order valence-corrected chi connectivity index (χ0v) is 13.1. The van der Waals surface area contributed by atoms with Gasteiger partial charge in [-0.15, -0.1) is 0 Å². The van der Waals surface area contributed by atoms with Gasteiger partial charge in [-0.3, -0.25) is 4.98 Å². The molecule has 0 aromatic carbocycles. The number of unbranched alkanes of at least 4 members (excludes halogenated alkanes) is 1. The number of aromatic nitrogens is 2. The molecule has 5 nitrogen and oxygen atoms in total. The number of nitrogens with one attached hydrogen (secondary N) is 1. The van der Waals surface area contributed by atoms with Crippen molar-refractivity contribution >= 4 is 0 Å². The molecule has 0 bridgehead atoms. The average Bonchev–Trinajstić information content (AvgIpc) is 2.40. The van der Waals surface area contributed by atoms with E-state index in [1.54, 1.807) is 12.4 Å². The maximum Gasteiger partial charge on any atom is 0.232 e. The minimum atomic E-state index is 0.0612. The quantitative estimate of drug-likeness (QED) is 0.705. The summed E-state index contributed by atoms with van der Waals surface area (Å²) in [5.74, 6) is 0.553. The molecule has 0 saturated heterocycles. The predicted molar refractivity (Wildman–Crippen MR) is 79.8 cm³/mol. The summed E-state index contributed by atoms with van der Waals surface area (Å²) >= 11 is 0. The highest BCUT2D eigenvalue weighted by Crippen LogP contribution is 2.07. The van der Waals surface area contributed by atoms with E-state index < -0.39 is 0 Å². The van der Waals surface area contributed by atoms with Crippen molar-refractivity contribution in [1.29, 1.82) is 0 Å². The molecule has 0 unspecified atom stereocenters. The molecule has 5 heteroatoms. The number of rotatable bonds is 9. The second-order valence-electron chi connectivity index (χ2n) is 5.77. The summed E-state index contributed by atoms with van der Waals surface area (Å²) in [6, 6.07) is 0. The van der Waals surface area contributed by atoms with Gasteiger partial charge in [-0.2, -0.15) is 0 Å². The Morgan fingerprint density at radius 3 is 2.65 bits per heavy atom. The van der Waals surface area contributed by atoms with Crippen LogP contribution in [0, 0.1) is 0 Å². The monoisotopic (exact) mass is 281 g/mol. The first-order valence-electron chi connectivity index (χ1n) is 7.28. The first kappa shape index (κ1) is 16.9. The van der Waals surface area contributed by atoms with Crippen LogP contribution in [0.15, 0.2) is 12.4 Å². The highest BCUT2D eigenvalue weighted by molar-refractivity contribution is 5.08. The van der Waals surface area contributed by atoms with Crippen LogP contribution in [0.1, 0.15) is 46.2 Å². The van der Waals surface area contributed by atoms with Crippen molar-refractivity contribution in [2.75, 3.05) is 19.8 Å². The molecule has 1 rings (SSSR count). The average molecular weight is 281 g/mol. The van der Waals surface area contributed by atoms with Gasteiger partial charge in [0.15, 0.2) is 0 Å². The molecule has 0 aliphatic heterocycles. The Hall–Kier alpha value is -1.20. The Morgan fingerprint density at radius 2 is 1.95 bits per heavy atom. The molecule has 0 spiro atoms. The maximum atomic E-state index is 5.53. The van der Waals surface area contributed by atoms with Crippen LogP contribution in [0.3, 0.4) is 0 Å². The zero-order chi connectivity index (χ0) is 14.8. The van der Waals surface area contributed by atoms with Crippen molar-refractivity contribution in [1.82, 2.24) is 15.3 Å². The van der Waals surface area contributed by atoms with Gasteiger partial charge in [0.25, 0.3) is 0 Å². The van der Waals surface area contributed by atoms with Gasteiger partial charge in [-0.1, -0.05) is 13.3 Å². The summed E-state index contributed by atoms with van der Waals surface area (Å²) in [6.07, 6.45) is 5.62. The standard InChI is InChI=1S/C15H27N3O2/c1-5-6-7-19-8-9-20-14-12-16-10-13(18-14)11-17-15(2,3)4/h10,12,17H,5-9,11H2,1-4H3. The molecule has 1 heterocycles. The van der Waals surface area contributed by atoms with E-state index in [4.69, 9.17) is 9.47 Å². The molecule has 1 N–H and O–H groups in total. The van der Waals surface area contributed by atoms with Crippen LogP contribution >= 0.6 is 0 Å². The topological polar surface area (TPSA) is 56.3 Å². The van der Waals surface area contributed by atoms with Gasteiger partial charge in [0, 0.05) is 24.9 Å². The summed E-state index contributed by atoms with van der Waals surface area (Å²) in [4.78, 5) is 8.55. The van der Waals surface area contributed by atoms with Crippen molar-refractivity contribution in [3.05, 3.63) is 18.1 Å². The molecular weight excluding hydrogens is 254 g/mol. The van der Waals surface area contributed by atoms with Gasteiger partial charge < -0.3 is 14.8 Å². The van der Waals surface area contributed by atoms with Gasteiger partial charge in [-0.05, 0) is 27.2 Å². The van der Waals surface area contributed by atoms with Gasteiger partial charge in [-0.25, -0.2) is 4.98 Å². The molecule has 20 heavy (non-hydrogen) atoms. The number of hydrogen-bond acceptors (Lipinski definition) is 5. The Kier molecular flexibility index (Phi) is 7.47. The molecule has 1 aromatic heterocycles. The summed E-state index contributed by atoms with van der Waals surface area (Å²) in [6.45, 7) is 11.1. The fourth-order valence-electron chi connectivity index (χ4n) is 1.45. The third-order valence-corrected chi connectivity index (χ3v) is 2.58. The molecule has 0 fully saturated rings. The van der Waals surface area contributed by atoms with Crippen molar-refractivity contribution in [3.8, 4) is 5.88 Å². The lowest BCUT2D eigenvalue weighted by molar-refractivity contribution is 0.0963. The third kappa shape index (κ3) is 8.07. The summed E-state index contributed by atoms with van der Waals surface area (Å²) in [7, 11) is 0. The second kappa shape index (κ2) is 8.87. The lowest BCUT2D eigenvalue weighted by Gasteiger charge is -2.20. The fraction of sp³-hybridized carbons (Fsp3) is 0.733. The third-order valence-electron chi connectivity index (χ3n) is 2.58. The van der Waals surface area contributed by atoms with Crippen LogP contribution in [0.5, 0.6) is 5.88 Å². The van der Waals surface area contributed by atoms with Crippen LogP contribution in [-0.4, -0.2) is 35.3 Å². The predicted octanol–water partition coefficient (Wildman–Crippen LogP) is 2.56. The largest absolute Gasteiger partial charge is 0.474 e. The summed E-state index contributed by atoms with van der Waals surface area (Å²) < 4.78 is 11.0. The maximum absolute atomic E-state index is 5.53. The van der Waals surface area contributed by atoms with Crippen molar-refractivity contribution in [2.24, 2.45) is 0 Å². The molecule has 0 atom stereocenters. The molecule has 0 aliphatic carbocycles. The fourth-order valence-corrected chi connectivity index (χ4v) is 1.45. The number of hydrogen-bond donors (Lipinski definition) is 1. The van der Waals surface area contributed by atoms with Gasteiger partial charge >= 0.3 is 0 Å². The smallest absolute Gasteiger partial charge is 0.232 e. The zero-order valence-electron chi connectivity index (χ0n) is 13.1. The van der Waals surface area contributed by atoms with E-state index in [1.807, 2.05) is 0 Å². The Balaban J connectivity index is 2.29. The number of nitrogens with zero attached hydrogens (tertiary/aromatic N) is 2. The van der Waals surface area contributed by atoms with E-state index in [-0.39, 0.29) is 5.54 Å². The van der Waals surface area contributed by atoms with Gasteiger partial charge in [0.05, 0.1) is 18.5 Å². The second-order valence-corrected chi connectivity index (χ2v) is 5.77. The summed E-state index contributed by atoms with van der Waals surface area (Å²) in [5.41, 5.74) is 0.940. The molecule has 0 radical (unpaired) electrons. The van der Waals surface area contributed by atoms with E-state index in [9.17, 15) is 0 Å².